The number of aryl methyl sites for hydroxylation is 1. The minimum absolute atomic E-state index is 0.0106. The summed E-state index contributed by atoms with van der Waals surface area (Å²) in [7, 11) is -2.73. The normalized spacial score (nSPS) is 13.5. The number of aliphatic hydroxyl groups is 1. The van der Waals surface area contributed by atoms with Crippen LogP contribution in [0.4, 0.5) is 0 Å². The number of likely N-dealkylation sites (N-methyl/N-ethyl adjacent to an activating group) is 1. The lowest BCUT2D eigenvalue weighted by atomic mass is 9.87. The molecule has 1 aromatic heterocycles. The van der Waals surface area contributed by atoms with Crippen molar-refractivity contribution < 1.29 is 23.4 Å². The Labute approximate surface area is 194 Å². The minimum atomic E-state index is -4.01. The van der Waals surface area contributed by atoms with E-state index in [-0.39, 0.29) is 16.7 Å². The van der Waals surface area contributed by atoms with Gasteiger partial charge < -0.3 is 14.8 Å². The van der Waals surface area contributed by atoms with Crippen LogP contribution in [0.25, 0.3) is 0 Å². The van der Waals surface area contributed by atoms with Crippen LogP contribution in [0, 0.1) is 5.41 Å². The monoisotopic (exact) mass is 485 g/mol. The molecule has 0 amide bonds. The van der Waals surface area contributed by atoms with Crippen LogP contribution in [0.15, 0.2) is 29.2 Å². The Bertz CT molecular complexity index is 1040. The fraction of sp³-hybridized carbons (Fsp3) is 0.545. The van der Waals surface area contributed by atoms with Crippen LogP contribution < -0.4 is 0 Å². The van der Waals surface area contributed by atoms with E-state index in [1.54, 1.807) is 32.9 Å². The average Bonchev–Trinajstić information content (AvgIpc) is 2.99. The highest BCUT2D eigenvalue weighted by Gasteiger charge is 2.40. The second-order valence-corrected chi connectivity index (χ2v) is 11.2. The van der Waals surface area contributed by atoms with Gasteiger partial charge in [-0.15, -0.1) is 0 Å². The second-order valence-electron chi connectivity index (χ2n) is 8.89. The minimum Gasteiger partial charge on any atom is -0.480 e. The molecule has 178 valence electrons. The zero-order chi connectivity index (χ0) is 24.3. The summed E-state index contributed by atoms with van der Waals surface area (Å²) in [6.07, 6.45) is 2.64. The van der Waals surface area contributed by atoms with Crippen molar-refractivity contribution >= 4 is 27.6 Å². The van der Waals surface area contributed by atoms with E-state index in [0.717, 1.165) is 35.0 Å². The van der Waals surface area contributed by atoms with Crippen LogP contribution in [0.1, 0.15) is 57.6 Å². The number of unbranched alkanes of at least 4 members (excludes halogenated alkanes) is 1. The van der Waals surface area contributed by atoms with Crippen molar-refractivity contribution in [3.05, 3.63) is 46.5 Å². The Kier molecular flexibility index (Phi) is 8.50. The first-order chi connectivity index (χ1) is 14.8. The standard InChI is InChI=1S/C22H32ClN3O5S/c1-6-7-8-18-24-20(23)17(14-27)26(18)13-15-9-11-16(12-10-15)32(30,31)25(5)19(21(28)29)22(2,3)4/h9-12,19,27H,6-8,13-14H2,1-5H3,(H,28,29)/t19-/m1/s1. The van der Waals surface area contributed by atoms with Gasteiger partial charge in [-0.05, 0) is 29.5 Å². The molecule has 0 aliphatic rings. The van der Waals surface area contributed by atoms with Gasteiger partial charge >= 0.3 is 5.97 Å². The van der Waals surface area contributed by atoms with Crippen LogP contribution in [0.3, 0.4) is 0 Å². The Morgan fingerprint density at radius 1 is 1.25 bits per heavy atom. The summed E-state index contributed by atoms with van der Waals surface area (Å²) in [5.74, 6) is -0.430. The summed E-state index contributed by atoms with van der Waals surface area (Å²) < 4.78 is 28.9. The van der Waals surface area contributed by atoms with Crippen molar-refractivity contribution in [2.45, 2.75) is 71.0 Å². The summed E-state index contributed by atoms with van der Waals surface area (Å²) >= 11 is 6.18. The first-order valence-electron chi connectivity index (χ1n) is 10.5. The lowest BCUT2D eigenvalue weighted by Gasteiger charge is -2.33. The Hall–Kier alpha value is -1.94. The molecule has 2 rings (SSSR count). The van der Waals surface area contributed by atoms with Gasteiger partial charge in [0, 0.05) is 20.0 Å². The zero-order valence-electron chi connectivity index (χ0n) is 19.2. The van der Waals surface area contributed by atoms with Gasteiger partial charge in [-0.3, -0.25) is 4.79 Å². The van der Waals surface area contributed by atoms with Crippen molar-refractivity contribution in [3.8, 4) is 0 Å². The zero-order valence-corrected chi connectivity index (χ0v) is 20.7. The van der Waals surface area contributed by atoms with E-state index in [2.05, 4.69) is 11.9 Å². The van der Waals surface area contributed by atoms with Crippen LogP contribution >= 0.6 is 11.6 Å². The van der Waals surface area contributed by atoms with Gasteiger partial charge in [0.05, 0.1) is 17.2 Å². The van der Waals surface area contributed by atoms with Crippen LogP contribution in [0.5, 0.6) is 0 Å². The number of aliphatic hydroxyl groups excluding tert-OH is 1. The topological polar surface area (TPSA) is 113 Å². The van der Waals surface area contributed by atoms with Gasteiger partial charge in [-0.1, -0.05) is 57.8 Å². The maximum atomic E-state index is 13.1. The van der Waals surface area contributed by atoms with E-state index in [0.29, 0.717) is 12.2 Å². The predicted molar refractivity (Wildman–Crippen MR) is 123 cm³/mol. The number of carboxylic acids is 1. The number of aromatic nitrogens is 2. The molecule has 10 heteroatoms. The highest BCUT2D eigenvalue weighted by molar-refractivity contribution is 7.89. The first-order valence-corrected chi connectivity index (χ1v) is 12.3. The summed E-state index contributed by atoms with van der Waals surface area (Å²) in [5, 5.41) is 19.6. The summed E-state index contributed by atoms with van der Waals surface area (Å²) in [6, 6.07) is 5.06. The maximum absolute atomic E-state index is 13.1. The third-order valence-electron chi connectivity index (χ3n) is 5.37. The van der Waals surface area contributed by atoms with E-state index >= 15 is 0 Å². The van der Waals surface area contributed by atoms with Crippen LogP contribution in [-0.4, -0.2) is 51.5 Å². The number of aliphatic carboxylic acids is 1. The average molecular weight is 486 g/mol. The second kappa shape index (κ2) is 10.3. The van der Waals surface area contributed by atoms with E-state index in [1.807, 2.05) is 4.57 Å². The summed E-state index contributed by atoms with van der Waals surface area (Å²) in [6.45, 7) is 7.26. The van der Waals surface area contributed by atoms with E-state index in [4.69, 9.17) is 11.6 Å². The molecule has 8 nitrogen and oxygen atoms in total. The molecule has 1 aromatic carbocycles. The summed E-state index contributed by atoms with van der Waals surface area (Å²) in [4.78, 5) is 16.1. The van der Waals surface area contributed by atoms with Gasteiger partial charge in [0.1, 0.15) is 11.9 Å². The van der Waals surface area contributed by atoms with Crippen molar-refractivity contribution in [1.29, 1.82) is 0 Å². The Morgan fingerprint density at radius 3 is 2.31 bits per heavy atom. The van der Waals surface area contributed by atoms with Gasteiger partial charge in [0.15, 0.2) is 5.15 Å². The third-order valence-corrected chi connectivity index (χ3v) is 7.50. The number of carbonyl (C=O) groups is 1. The largest absolute Gasteiger partial charge is 0.480 e. The van der Waals surface area contributed by atoms with Gasteiger partial charge in [-0.2, -0.15) is 4.31 Å². The molecule has 0 radical (unpaired) electrons. The fourth-order valence-corrected chi connectivity index (χ4v) is 5.45. The lowest BCUT2D eigenvalue weighted by molar-refractivity contribution is -0.144. The first kappa shape index (κ1) is 26.3. The number of benzene rings is 1. The number of nitrogens with zero attached hydrogens (tertiary/aromatic N) is 3. The molecule has 1 heterocycles. The molecule has 1 atom stereocenters. The molecule has 0 bridgehead atoms. The number of imidazole rings is 1. The highest BCUT2D eigenvalue weighted by Crippen LogP contribution is 2.29. The number of rotatable bonds is 10. The number of halogens is 1. The molecule has 0 aliphatic heterocycles. The Morgan fingerprint density at radius 2 is 1.84 bits per heavy atom. The maximum Gasteiger partial charge on any atom is 0.322 e. The molecule has 2 N–H and O–H groups in total. The predicted octanol–water partition coefficient (Wildman–Crippen LogP) is 3.54. The van der Waals surface area contributed by atoms with Crippen molar-refractivity contribution in [2.75, 3.05) is 7.05 Å². The highest BCUT2D eigenvalue weighted by atomic mass is 35.5. The Balaban J connectivity index is 2.34. The molecular formula is C22H32ClN3O5S. The SMILES string of the molecule is CCCCc1nc(Cl)c(CO)n1Cc1ccc(S(=O)(=O)N(C)[C@H](C(=O)O)C(C)(C)C)cc1. The van der Waals surface area contributed by atoms with E-state index in [1.165, 1.54) is 19.2 Å². The molecule has 0 fully saturated rings. The van der Waals surface area contributed by atoms with Crippen molar-refractivity contribution in [1.82, 2.24) is 13.9 Å². The van der Waals surface area contributed by atoms with Crippen molar-refractivity contribution in [2.24, 2.45) is 5.41 Å². The van der Waals surface area contributed by atoms with Gasteiger partial charge in [0.2, 0.25) is 10.0 Å². The molecule has 0 spiro atoms. The number of hydrogen-bond acceptors (Lipinski definition) is 5. The number of sulfonamides is 1. The molecular weight excluding hydrogens is 454 g/mol. The molecule has 0 unspecified atom stereocenters. The van der Waals surface area contributed by atoms with Crippen LogP contribution in [0.2, 0.25) is 5.15 Å². The number of hydrogen-bond donors (Lipinski definition) is 2. The molecule has 0 aliphatic carbocycles. The van der Waals surface area contributed by atoms with Crippen LogP contribution in [-0.2, 0) is 34.4 Å². The van der Waals surface area contributed by atoms with E-state index < -0.39 is 27.4 Å². The fourth-order valence-electron chi connectivity index (χ4n) is 3.69. The molecule has 2 aromatic rings. The van der Waals surface area contributed by atoms with Gasteiger partial charge in [-0.25, -0.2) is 13.4 Å². The quantitative estimate of drug-likeness (QED) is 0.532. The molecule has 32 heavy (non-hydrogen) atoms. The smallest absolute Gasteiger partial charge is 0.322 e. The molecule has 0 saturated carbocycles. The molecule has 0 saturated heterocycles. The van der Waals surface area contributed by atoms with E-state index in [9.17, 15) is 23.4 Å². The third kappa shape index (κ3) is 5.70. The van der Waals surface area contributed by atoms with Crippen molar-refractivity contribution in [3.63, 3.8) is 0 Å². The number of carboxylic acid groups (broad SMARTS) is 1. The lowest BCUT2D eigenvalue weighted by Crippen LogP contribution is -2.49. The van der Waals surface area contributed by atoms with Gasteiger partial charge in [0.25, 0.3) is 0 Å². The summed E-state index contributed by atoms with van der Waals surface area (Å²) in [5.41, 5.74) is 0.534.